The van der Waals surface area contributed by atoms with Gasteiger partial charge in [-0.2, -0.15) is 13.2 Å². The fourth-order valence-electron chi connectivity index (χ4n) is 5.17. The van der Waals surface area contributed by atoms with Crippen LogP contribution in [0.2, 0.25) is 0 Å². The van der Waals surface area contributed by atoms with Crippen molar-refractivity contribution in [3.05, 3.63) is 65.2 Å². The van der Waals surface area contributed by atoms with E-state index in [2.05, 4.69) is 23.2 Å². The second kappa shape index (κ2) is 8.36. The first-order valence-corrected chi connectivity index (χ1v) is 11.4. The monoisotopic (exact) mass is 453 g/mol. The van der Waals surface area contributed by atoms with E-state index >= 15 is 0 Å². The van der Waals surface area contributed by atoms with Crippen molar-refractivity contribution in [1.82, 2.24) is 4.98 Å². The predicted octanol–water partition coefficient (Wildman–Crippen LogP) is 6.12. The Bertz CT molecular complexity index is 1190. The summed E-state index contributed by atoms with van der Waals surface area (Å²) in [6.07, 6.45) is 0.0678. The molecule has 2 aliphatic rings. The fraction of sp³-hybridized carbons (Fsp3) is 0.385. The highest BCUT2D eigenvalue weighted by molar-refractivity contribution is 5.94. The van der Waals surface area contributed by atoms with Crippen molar-refractivity contribution in [2.45, 2.75) is 51.2 Å². The van der Waals surface area contributed by atoms with Crippen LogP contribution in [0.4, 0.5) is 24.7 Å². The molecule has 1 aliphatic heterocycles. The zero-order chi connectivity index (χ0) is 23.2. The van der Waals surface area contributed by atoms with Crippen LogP contribution in [0.3, 0.4) is 0 Å². The molecule has 2 fully saturated rings. The number of benzene rings is 2. The molecular formula is C26H26F3N3O. The van der Waals surface area contributed by atoms with Crippen LogP contribution in [0.15, 0.2) is 48.5 Å². The molecule has 3 aromatic rings. The lowest BCUT2D eigenvalue weighted by molar-refractivity contribution is -0.137. The van der Waals surface area contributed by atoms with Gasteiger partial charge in [-0.25, -0.2) is 4.98 Å². The number of carbonyl (C=O) groups is 1. The van der Waals surface area contributed by atoms with Gasteiger partial charge in [0.2, 0.25) is 5.91 Å². The largest absolute Gasteiger partial charge is 0.416 e. The lowest BCUT2D eigenvalue weighted by atomic mass is 10.1. The zero-order valence-electron chi connectivity index (χ0n) is 18.5. The first-order chi connectivity index (χ1) is 15.8. The van der Waals surface area contributed by atoms with Gasteiger partial charge in [0.15, 0.2) is 0 Å². The Labute approximate surface area is 190 Å². The minimum absolute atomic E-state index is 0.177. The van der Waals surface area contributed by atoms with Crippen LogP contribution in [0.25, 0.3) is 10.9 Å². The molecule has 2 aromatic carbocycles. The number of hydrogen-bond acceptors (Lipinski definition) is 3. The van der Waals surface area contributed by atoms with Crippen LogP contribution in [0.5, 0.6) is 0 Å². The standard InChI is InChI=1S/C26H26F3N3O/c1-16-12-19-14-21(8-10-23(19)31-25(16)32-15-18-4-9-22(32)13-18)30-24(33)11-5-17-2-6-20(7-3-17)26(27,28)29/h2-3,6-8,10,12,14,18,22H,4-5,9,11,13,15H2,1H3,(H,30,33). The van der Waals surface area contributed by atoms with Crippen molar-refractivity contribution in [2.24, 2.45) is 5.92 Å². The number of hydrogen-bond donors (Lipinski definition) is 1. The van der Waals surface area contributed by atoms with E-state index in [9.17, 15) is 18.0 Å². The van der Waals surface area contributed by atoms with Crippen molar-refractivity contribution in [3.8, 4) is 0 Å². The maximum Gasteiger partial charge on any atom is 0.416 e. The van der Waals surface area contributed by atoms with Crippen molar-refractivity contribution in [2.75, 3.05) is 16.8 Å². The molecule has 1 saturated heterocycles. The summed E-state index contributed by atoms with van der Waals surface area (Å²) in [4.78, 5) is 19.8. The number of pyridine rings is 1. The molecule has 33 heavy (non-hydrogen) atoms. The molecule has 5 rings (SSSR count). The van der Waals surface area contributed by atoms with Gasteiger partial charge in [0.1, 0.15) is 5.82 Å². The van der Waals surface area contributed by atoms with Crippen LogP contribution in [0.1, 0.15) is 42.4 Å². The number of rotatable bonds is 5. The van der Waals surface area contributed by atoms with Crippen LogP contribution in [-0.2, 0) is 17.4 Å². The van der Waals surface area contributed by atoms with E-state index < -0.39 is 11.7 Å². The molecule has 2 atom stereocenters. The van der Waals surface area contributed by atoms with E-state index in [0.717, 1.165) is 46.9 Å². The zero-order valence-corrected chi connectivity index (χ0v) is 18.5. The summed E-state index contributed by atoms with van der Waals surface area (Å²) in [5, 5.41) is 3.87. The second-order valence-corrected chi connectivity index (χ2v) is 9.26. The van der Waals surface area contributed by atoms with Gasteiger partial charge in [0, 0.05) is 30.1 Å². The van der Waals surface area contributed by atoms with Gasteiger partial charge < -0.3 is 10.2 Å². The van der Waals surface area contributed by atoms with E-state index in [1.807, 2.05) is 18.2 Å². The van der Waals surface area contributed by atoms with Crippen LogP contribution in [0, 0.1) is 12.8 Å². The van der Waals surface area contributed by atoms with Gasteiger partial charge in [-0.15, -0.1) is 0 Å². The van der Waals surface area contributed by atoms with E-state index in [1.54, 1.807) is 0 Å². The number of aryl methyl sites for hydroxylation is 2. The molecule has 0 radical (unpaired) electrons. The summed E-state index contributed by atoms with van der Waals surface area (Å²) in [5.74, 6) is 1.69. The molecule has 7 heteroatoms. The van der Waals surface area contributed by atoms with E-state index in [-0.39, 0.29) is 12.3 Å². The smallest absolute Gasteiger partial charge is 0.353 e. The Morgan fingerprint density at radius 1 is 1.12 bits per heavy atom. The molecule has 1 saturated carbocycles. The maximum absolute atomic E-state index is 12.7. The number of alkyl halides is 3. The van der Waals surface area contributed by atoms with Crippen LogP contribution in [-0.4, -0.2) is 23.5 Å². The molecule has 2 unspecified atom stereocenters. The van der Waals surface area contributed by atoms with E-state index in [4.69, 9.17) is 4.98 Å². The summed E-state index contributed by atoms with van der Waals surface area (Å²) in [5.41, 5.74) is 2.74. The third-order valence-corrected chi connectivity index (χ3v) is 6.87. The van der Waals surface area contributed by atoms with Gasteiger partial charge >= 0.3 is 6.18 Å². The number of halogens is 3. The van der Waals surface area contributed by atoms with Gasteiger partial charge in [0.25, 0.3) is 0 Å². The Balaban J connectivity index is 1.23. The highest BCUT2D eigenvalue weighted by Crippen LogP contribution is 2.41. The molecule has 1 aromatic heterocycles. The minimum atomic E-state index is -4.35. The molecule has 172 valence electrons. The quantitative estimate of drug-likeness (QED) is 0.506. The van der Waals surface area contributed by atoms with Crippen molar-refractivity contribution in [3.63, 3.8) is 0 Å². The number of piperidine rings is 1. The van der Waals surface area contributed by atoms with Crippen LogP contribution >= 0.6 is 0 Å². The molecule has 2 bridgehead atoms. The summed E-state index contributed by atoms with van der Waals surface area (Å²) >= 11 is 0. The van der Waals surface area contributed by atoms with Crippen molar-refractivity contribution >= 4 is 28.3 Å². The molecular weight excluding hydrogens is 427 g/mol. The summed E-state index contributed by atoms with van der Waals surface area (Å²) in [6, 6.07) is 13.4. The lowest BCUT2D eigenvalue weighted by Gasteiger charge is -2.29. The Hall–Kier alpha value is -3.09. The van der Waals surface area contributed by atoms with Crippen molar-refractivity contribution < 1.29 is 18.0 Å². The number of anilines is 2. The van der Waals surface area contributed by atoms with Gasteiger partial charge in [-0.05, 0) is 86.1 Å². The summed E-state index contributed by atoms with van der Waals surface area (Å²) < 4.78 is 38.0. The Kier molecular flexibility index (Phi) is 5.51. The van der Waals surface area contributed by atoms with E-state index in [0.29, 0.717) is 23.7 Å². The highest BCUT2D eigenvalue weighted by Gasteiger charge is 2.38. The topological polar surface area (TPSA) is 45.2 Å². The summed E-state index contributed by atoms with van der Waals surface area (Å²) in [6.45, 7) is 3.18. The second-order valence-electron chi connectivity index (χ2n) is 9.26. The molecule has 1 amide bonds. The average molecular weight is 454 g/mol. The number of nitrogens with zero attached hydrogens (tertiary/aromatic N) is 2. The normalized spacial score (nSPS) is 19.9. The number of fused-ring (bicyclic) bond motifs is 3. The predicted molar refractivity (Wildman–Crippen MR) is 123 cm³/mol. The molecule has 1 aliphatic carbocycles. The molecule has 1 N–H and O–H groups in total. The third-order valence-electron chi connectivity index (χ3n) is 6.87. The van der Waals surface area contributed by atoms with Crippen LogP contribution < -0.4 is 10.2 Å². The maximum atomic E-state index is 12.7. The van der Waals surface area contributed by atoms with Gasteiger partial charge in [0.05, 0.1) is 11.1 Å². The molecule has 0 spiro atoms. The minimum Gasteiger partial charge on any atom is -0.353 e. The first kappa shape index (κ1) is 21.7. The SMILES string of the molecule is Cc1cc2cc(NC(=O)CCc3ccc(C(F)(F)F)cc3)ccc2nc1N1CC2CCC1C2. The Morgan fingerprint density at radius 2 is 1.91 bits per heavy atom. The lowest BCUT2D eigenvalue weighted by Crippen LogP contribution is -2.33. The number of carbonyl (C=O) groups excluding carboxylic acids is 1. The molecule has 4 nitrogen and oxygen atoms in total. The van der Waals surface area contributed by atoms with E-state index in [1.165, 1.54) is 31.4 Å². The third kappa shape index (κ3) is 4.54. The molecule has 2 heterocycles. The number of aromatic nitrogens is 1. The average Bonchev–Trinajstić information content (AvgIpc) is 3.41. The Morgan fingerprint density at radius 3 is 2.58 bits per heavy atom. The number of amides is 1. The summed E-state index contributed by atoms with van der Waals surface area (Å²) in [7, 11) is 0. The van der Waals surface area contributed by atoms with Crippen molar-refractivity contribution in [1.29, 1.82) is 0 Å². The highest BCUT2D eigenvalue weighted by atomic mass is 19.4. The first-order valence-electron chi connectivity index (χ1n) is 11.4. The van der Waals surface area contributed by atoms with Gasteiger partial charge in [-0.1, -0.05) is 12.1 Å². The van der Waals surface area contributed by atoms with Gasteiger partial charge in [-0.3, -0.25) is 4.79 Å². The number of nitrogens with one attached hydrogen (secondary N) is 1. The fourth-order valence-corrected chi connectivity index (χ4v) is 5.17.